The fourth-order valence-corrected chi connectivity index (χ4v) is 0.385. The Hall–Kier alpha value is -2.05. The lowest BCUT2D eigenvalue weighted by atomic mass is 10.6. The van der Waals surface area contributed by atoms with Gasteiger partial charge in [0.15, 0.2) is 5.96 Å². The van der Waals surface area contributed by atoms with E-state index in [-0.39, 0.29) is 11.8 Å². The van der Waals surface area contributed by atoms with Gasteiger partial charge in [-0.3, -0.25) is 5.41 Å². The number of hydrogen-bond donors (Lipinski definition) is 5. The Labute approximate surface area is 68.1 Å². The molecule has 0 aliphatic rings. The van der Waals surface area contributed by atoms with Crippen LogP contribution in [0.2, 0.25) is 0 Å². The van der Waals surface area contributed by atoms with Gasteiger partial charge in [0.25, 0.3) is 0 Å². The summed E-state index contributed by atoms with van der Waals surface area (Å²) < 4.78 is 0. The summed E-state index contributed by atoms with van der Waals surface area (Å²) in [7, 11) is 0. The van der Waals surface area contributed by atoms with Crippen molar-refractivity contribution < 1.29 is 0 Å². The normalized spacial score (nSPS) is 8.00. The Morgan fingerprint density at radius 1 is 1.58 bits per heavy atom. The predicted octanol–water partition coefficient (Wildman–Crippen LogP) is -1.81. The molecule has 0 saturated carbocycles. The molecule has 8 N–H and O–H groups in total. The maximum atomic E-state index is 10.2. The smallest absolute Gasteiger partial charge is 0.346 e. The Balaban J connectivity index is 0.000000261. The van der Waals surface area contributed by atoms with Crippen LogP contribution in [0, 0.1) is 5.41 Å². The van der Waals surface area contributed by atoms with E-state index in [9.17, 15) is 4.79 Å². The van der Waals surface area contributed by atoms with Gasteiger partial charge >= 0.3 is 5.69 Å². The summed E-state index contributed by atoms with van der Waals surface area (Å²) in [4.78, 5) is 15.9. The number of aromatic amines is 1. The zero-order valence-electron chi connectivity index (χ0n) is 6.24. The molecule has 0 bridgehead atoms. The lowest BCUT2D eigenvalue weighted by Gasteiger charge is -1.83. The molecular formula is C5H10N6O. The zero-order chi connectivity index (χ0) is 9.56. The fraction of sp³-hybridized carbons (Fsp3) is 0. The molecule has 7 nitrogen and oxygen atoms in total. The van der Waals surface area contributed by atoms with Crippen molar-refractivity contribution in [2.45, 2.75) is 0 Å². The van der Waals surface area contributed by atoms with Gasteiger partial charge in [-0.25, -0.2) is 4.79 Å². The second-order valence-corrected chi connectivity index (χ2v) is 1.77. The molecule has 0 aromatic carbocycles. The minimum Gasteiger partial charge on any atom is -0.383 e. The molecule has 0 fully saturated rings. The summed E-state index contributed by atoms with van der Waals surface area (Å²) in [6.45, 7) is 0. The molecule has 66 valence electrons. The third kappa shape index (κ3) is 6.08. The lowest BCUT2D eigenvalue weighted by molar-refractivity contribution is 1.08. The molecule has 1 aromatic rings. The molecule has 1 heterocycles. The van der Waals surface area contributed by atoms with E-state index in [0.717, 1.165) is 0 Å². The van der Waals surface area contributed by atoms with E-state index in [1.54, 1.807) is 0 Å². The molecule has 0 spiro atoms. The maximum Gasteiger partial charge on any atom is 0.346 e. The van der Waals surface area contributed by atoms with E-state index in [2.05, 4.69) is 21.4 Å². The summed E-state index contributed by atoms with van der Waals surface area (Å²) in [5.41, 5.74) is 13.7. The van der Waals surface area contributed by atoms with E-state index in [4.69, 9.17) is 11.1 Å². The third-order valence-electron chi connectivity index (χ3n) is 0.692. The monoisotopic (exact) mass is 170 g/mol. The topological polar surface area (TPSA) is 148 Å². The number of H-pyrrole nitrogens is 1. The van der Waals surface area contributed by atoms with Gasteiger partial charge in [0, 0.05) is 6.20 Å². The number of nitrogens with two attached hydrogens (primary N) is 3. The van der Waals surface area contributed by atoms with Crippen molar-refractivity contribution >= 4 is 11.8 Å². The highest BCUT2D eigenvalue weighted by molar-refractivity contribution is 5.71. The molecule has 12 heavy (non-hydrogen) atoms. The molecule has 0 aliphatic heterocycles. The number of nitrogen functional groups attached to an aromatic ring is 1. The number of aromatic nitrogens is 2. The van der Waals surface area contributed by atoms with Gasteiger partial charge in [-0.05, 0) is 6.07 Å². The van der Waals surface area contributed by atoms with Crippen molar-refractivity contribution in [3.63, 3.8) is 0 Å². The minimum atomic E-state index is -0.412. The molecule has 0 saturated heterocycles. The molecule has 1 rings (SSSR count). The van der Waals surface area contributed by atoms with Crippen LogP contribution in [-0.2, 0) is 0 Å². The Morgan fingerprint density at radius 3 is 2.33 bits per heavy atom. The van der Waals surface area contributed by atoms with Crippen molar-refractivity contribution in [2.75, 3.05) is 5.73 Å². The van der Waals surface area contributed by atoms with Crippen LogP contribution in [0.1, 0.15) is 0 Å². The Kier molecular flexibility index (Phi) is 3.91. The molecule has 0 aliphatic carbocycles. The van der Waals surface area contributed by atoms with Crippen LogP contribution in [-0.4, -0.2) is 15.9 Å². The summed E-state index contributed by atoms with van der Waals surface area (Å²) in [6, 6.07) is 1.52. The van der Waals surface area contributed by atoms with Crippen molar-refractivity contribution in [3.05, 3.63) is 22.7 Å². The van der Waals surface area contributed by atoms with Crippen LogP contribution in [0.5, 0.6) is 0 Å². The number of guanidine groups is 1. The standard InChI is InChI=1S/C4H5N3O.CH5N3/c5-3-1-2-6-4(8)7-3;2-1(3)4/h1-2H,(H3,5,6,7,8);(H5,2,3,4). The zero-order valence-corrected chi connectivity index (χ0v) is 6.24. The maximum absolute atomic E-state index is 10.2. The third-order valence-corrected chi connectivity index (χ3v) is 0.692. The van der Waals surface area contributed by atoms with Crippen molar-refractivity contribution in [1.29, 1.82) is 5.41 Å². The SMILES string of the molecule is N=C(N)N.Nc1cc[nH]c(=O)n1. The minimum absolute atomic E-state index is 0.244. The number of rotatable bonds is 0. The summed E-state index contributed by atoms with van der Waals surface area (Å²) in [5, 5.41) is 6.06. The quantitative estimate of drug-likeness (QED) is 0.230. The average Bonchev–Trinajstić information content (AvgIpc) is 1.84. The molecule has 0 radical (unpaired) electrons. The second-order valence-electron chi connectivity index (χ2n) is 1.77. The van der Waals surface area contributed by atoms with Crippen molar-refractivity contribution in [2.24, 2.45) is 11.5 Å². The van der Waals surface area contributed by atoms with Crippen molar-refractivity contribution in [1.82, 2.24) is 9.97 Å². The Bertz CT molecular complexity index is 301. The van der Waals surface area contributed by atoms with E-state index in [0.29, 0.717) is 0 Å². The van der Waals surface area contributed by atoms with Gasteiger partial charge in [0.2, 0.25) is 0 Å². The largest absolute Gasteiger partial charge is 0.383 e. The number of nitrogens with one attached hydrogen (secondary N) is 2. The molecule has 1 aromatic heterocycles. The van der Waals surface area contributed by atoms with E-state index >= 15 is 0 Å². The molecule has 0 atom stereocenters. The molecule has 0 unspecified atom stereocenters. The van der Waals surface area contributed by atoms with E-state index in [1.807, 2.05) is 0 Å². The van der Waals surface area contributed by atoms with Crippen LogP contribution in [0.4, 0.5) is 5.82 Å². The molecule has 7 heteroatoms. The molecule has 0 amide bonds. The first-order valence-corrected chi connectivity index (χ1v) is 2.93. The van der Waals surface area contributed by atoms with Crippen LogP contribution in [0.15, 0.2) is 17.1 Å². The van der Waals surface area contributed by atoms with Crippen LogP contribution >= 0.6 is 0 Å². The van der Waals surface area contributed by atoms with E-state index < -0.39 is 5.69 Å². The Morgan fingerprint density at radius 2 is 2.08 bits per heavy atom. The first-order chi connectivity index (χ1) is 5.52. The highest BCUT2D eigenvalue weighted by Gasteiger charge is 1.81. The lowest BCUT2D eigenvalue weighted by Crippen LogP contribution is -2.20. The first-order valence-electron chi connectivity index (χ1n) is 2.93. The highest BCUT2D eigenvalue weighted by atomic mass is 16.1. The summed E-state index contributed by atoms with van der Waals surface area (Å²) in [6.07, 6.45) is 1.45. The van der Waals surface area contributed by atoms with Gasteiger partial charge in [0.1, 0.15) is 5.82 Å². The number of hydrogen-bond acceptors (Lipinski definition) is 4. The van der Waals surface area contributed by atoms with Crippen LogP contribution < -0.4 is 22.9 Å². The highest BCUT2D eigenvalue weighted by Crippen LogP contribution is 1.82. The predicted molar refractivity (Wildman–Crippen MR) is 45.4 cm³/mol. The van der Waals surface area contributed by atoms with Gasteiger partial charge in [-0.1, -0.05) is 0 Å². The molecular weight excluding hydrogens is 160 g/mol. The van der Waals surface area contributed by atoms with Crippen LogP contribution in [0.25, 0.3) is 0 Å². The van der Waals surface area contributed by atoms with Gasteiger partial charge in [-0.2, -0.15) is 4.98 Å². The average molecular weight is 170 g/mol. The van der Waals surface area contributed by atoms with Gasteiger partial charge in [0.05, 0.1) is 0 Å². The fourth-order valence-electron chi connectivity index (χ4n) is 0.385. The van der Waals surface area contributed by atoms with Crippen molar-refractivity contribution in [3.8, 4) is 0 Å². The number of nitrogens with zero attached hydrogens (tertiary/aromatic N) is 1. The summed E-state index contributed by atoms with van der Waals surface area (Å²) in [5.74, 6) is -0.0891. The second kappa shape index (κ2) is 4.72. The number of anilines is 1. The van der Waals surface area contributed by atoms with Gasteiger partial charge in [-0.15, -0.1) is 0 Å². The summed E-state index contributed by atoms with van der Waals surface area (Å²) >= 11 is 0. The first kappa shape index (κ1) is 9.95. The van der Waals surface area contributed by atoms with Crippen LogP contribution in [0.3, 0.4) is 0 Å². The van der Waals surface area contributed by atoms with E-state index in [1.165, 1.54) is 12.3 Å². The van der Waals surface area contributed by atoms with Gasteiger partial charge < -0.3 is 22.2 Å².